The molecule has 3 aromatic carbocycles. The normalized spacial score (nSPS) is 13.5. The molecule has 0 spiro atoms. The third-order valence-electron chi connectivity index (χ3n) is 5.91. The summed E-state index contributed by atoms with van der Waals surface area (Å²) in [6.07, 6.45) is 0. The Labute approximate surface area is 199 Å². The average molecular weight is 457 g/mol. The standard InChI is InChI=1S/C28H28N2O4/c1-5-34-24-9-7-6-8-23(24)29-26-25(21-13-10-18(2)19(3)16-21)27(31)30(28(26)32)17-20-11-14-22(33-4)15-12-20/h6-16,29H,5,17H2,1-4H3. The van der Waals surface area contributed by atoms with Gasteiger partial charge in [0.25, 0.3) is 11.8 Å². The smallest absolute Gasteiger partial charge is 0.278 e. The van der Waals surface area contributed by atoms with Gasteiger partial charge in [0, 0.05) is 0 Å². The van der Waals surface area contributed by atoms with Crippen molar-refractivity contribution >= 4 is 23.1 Å². The Kier molecular flexibility index (Phi) is 6.68. The Morgan fingerprint density at radius 3 is 2.29 bits per heavy atom. The predicted octanol–water partition coefficient (Wildman–Crippen LogP) is 5.10. The maximum Gasteiger partial charge on any atom is 0.278 e. The van der Waals surface area contributed by atoms with Crippen molar-refractivity contribution < 1.29 is 19.1 Å². The number of nitrogens with one attached hydrogen (secondary N) is 1. The van der Waals surface area contributed by atoms with Crippen LogP contribution in [0.2, 0.25) is 0 Å². The summed E-state index contributed by atoms with van der Waals surface area (Å²) in [5.41, 5.74) is 4.93. The molecule has 174 valence electrons. The molecule has 6 nitrogen and oxygen atoms in total. The number of ether oxygens (including phenoxy) is 2. The first kappa shape index (κ1) is 23.1. The van der Waals surface area contributed by atoms with Crippen LogP contribution in [0.1, 0.15) is 29.2 Å². The minimum absolute atomic E-state index is 0.161. The van der Waals surface area contributed by atoms with Crippen LogP contribution in [0.15, 0.2) is 72.4 Å². The molecule has 0 atom stereocenters. The van der Waals surface area contributed by atoms with E-state index in [9.17, 15) is 9.59 Å². The molecule has 1 aliphatic rings. The maximum atomic E-state index is 13.6. The summed E-state index contributed by atoms with van der Waals surface area (Å²) in [7, 11) is 1.60. The zero-order valence-electron chi connectivity index (χ0n) is 19.8. The van der Waals surface area contributed by atoms with E-state index in [0.29, 0.717) is 34.9 Å². The van der Waals surface area contributed by atoms with Crippen LogP contribution < -0.4 is 14.8 Å². The van der Waals surface area contributed by atoms with Crippen LogP contribution in [0.25, 0.3) is 5.57 Å². The minimum atomic E-state index is -0.375. The van der Waals surface area contributed by atoms with E-state index in [2.05, 4.69) is 5.32 Å². The molecule has 2 amide bonds. The SMILES string of the molecule is CCOc1ccccc1NC1=C(c2ccc(C)c(C)c2)C(=O)N(Cc2ccc(OC)cc2)C1=O. The second-order valence-electron chi connectivity index (χ2n) is 8.15. The summed E-state index contributed by atoms with van der Waals surface area (Å²) in [5, 5.41) is 3.21. The van der Waals surface area contributed by atoms with Crippen LogP contribution in [0, 0.1) is 13.8 Å². The third-order valence-corrected chi connectivity index (χ3v) is 5.91. The van der Waals surface area contributed by atoms with E-state index in [4.69, 9.17) is 9.47 Å². The van der Waals surface area contributed by atoms with Gasteiger partial charge in [-0.3, -0.25) is 14.5 Å². The molecule has 0 bridgehead atoms. The summed E-state index contributed by atoms with van der Waals surface area (Å²) in [6, 6.07) is 20.5. The highest BCUT2D eigenvalue weighted by Gasteiger charge is 2.39. The number of benzene rings is 3. The Hall–Kier alpha value is -4.06. The lowest BCUT2D eigenvalue weighted by atomic mass is 9.99. The van der Waals surface area contributed by atoms with Crippen LogP contribution in [0.5, 0.6) is 11.5 Å². The molecule has 1 heterocycles. The van der Waals surface area contributed by atoms with Gasteiger partial charge >= 0.3 is 0 Å². The van der Waals surface area contributed by atoms with E-state index >= 15 is 0 Å². The average Bonchev–Trinajstić information content (AvgIpc) is 3.07. The van der Waals surface area contributed by atoms with Crippen molar-refractivity contribution in [3.63, 3.8) is 0 Å². The quantitative estimate of drug-likeness (QED) is 0.478. The highest BCUT2D eigenvalue weighted by molar-refractivity contribution is 6.36. The molecule has 3 aromatic rings. The monoisotopic (exact) mass is 456 g/mol. The summed E-state index contributed by atoms with van der Waals surface area (Å²) < 4.78 is 10.9. The van der Waals surface area contributed by atoms with E-state index in [-0.39, 0.29) is 24.1 Å². The van der Waals surface area contributed by atoms with Crippen LogP contribution in [0.4, 0.5) is 5.69 Å². The number of carbonyl (C=O) groups is 2. The number of amides is 2. The van der Waals surface area contributed by atoms with Crippen molar-refractivity contribution in [3.05, 3.63) is 94.7 Å². The topological polar surface area (TPSA) is 67.9 Å². The number of aryl methyl sites for hydroxylation is 2. The van der Waals surface area contributed by atoms with Gasteiger partial charge in [0.1, 0.15) is 17.2 Å². The molecule has 4 rings (SSSR count). The van der Waals surface area contributed by atoms with Crippen molar-refractivity contribution in [2.45, 2.75) is 27.3 Å². The molecule has 0 unspecified atom stereocenters. The van der Waals surface area contributed by atoms with Crippen LogP contribution in [0.3, 0.4) is 0 Å². The second kappa shape index (κ2) is 9.83. The van der Waals surface area contributed by atoms with Gasteiger partial charge < -0.3 is 14.8 Å². The lowest BCUT2D eigenvalue weighted by Gasteiger charge is -2.16. The molecule has 0 radical (unpaired) electrons. The summed E-state index contributed by atoms with van der Waals surface area (Å²) >= 11 is 0. The molecule has 0 aliphatic carbocycles. The van der Waals surface area contributed by atoms with Gasteiger partial charge in [0.2, 0.25) is 0 Å². The molecule has 0 saturated heterocycles. The van der Waals surface area contributed by atoms with Crippen LogP contribution in [-0.2, 0) is 16.1 Å². The summed E-state index contributed by atoms with van der Waals surface area (Å²) in [5.74, 6) is 0.623. The lowest BCUT2D eigenvalue weighted by molar-refractivity contribution is -0.137. The Morgan fingerprint density at radius 1 is 0.882 bits per heavy atom. The number of nitrogens with zero attached hydrogens (tertiary/aromatic N) is 1. The van der Waals surface area contributed by atoms with Crippen molar-refractivity contribution in [3.8, 4) is 11.5 Å². The van der Waals surface area contributed by atoms with Crippen LogP contribution in [-0.4, -0.2) is 30.4 Å². The fourth-order valence-electron chi connectivity index (χ4n) is 3.90. The van der Waals surface area contributed by atoms with E-state index in [0.717, 1.165) is 16.7 Å². The number of hydrogen-bond acceptors (Lipinski definition) is 5. The lowest BCUT2D eigenvalue weighted by Crippen LogP contribution is -2.32. The zero-order chi connectivity index (χ0) is 24.2. The first-order valence-electron chi connectivity index (χ1n) is 11.2. The van der Waals surface area contributed by atoms with E-state index in [1.807, 2.05) is 87.5 Å². The number of carbonyl (C=O) groups excluding carboxylic acids is 2. The van der Waals surface area contributed by atoms with Gasteiger partial charge in [-0.1, -0.05) is 42.5 Å². The molecule has 0 aromatic heterocycles. The second-order valence-corrected chi connectivity index (χ2v) is 8.15. The molecule has 0 saturated carbocycles. The molecule has 0 fully saturated rings. The highest BCUT2D eigenvalue weighted by atomic mass is 16.5. The summed E-state index contributed by atoms with van der Waals surface area (Å²) in [4.78, 5) is 28.5. The largest absolute Gasteiger partial charge is 0.497 e. The Balaban J connectivity index is 1.75. The van der Waals surface area contributed by atoms with E-state index in [1.54, 1.807) is 7.11 Å². The van der Waals surface area contributed by atoms with Gasteiger partial charge in [0.05, 0.1) is 31.5 Å². The van der Waals surface area contributed by atoms with Gasteiger partial charge in [-0.05, 0) is 67.3 Å². The fourth-order valence-corrected chi connectivity index (χ4v) is 3.90. The molecule has 1 N–H and O–H groups in total. The fraction of sp³-hybridized carbons (Fsp3) is 0.214. The Bertz CT molecular complexity index is 1260. The number of hydrogen-bond donors (Lipinski definition) is 1. The minimum Gasteiger partial charge on any atom is -0.497 e. The van der Waals surface area contributed by atoms with Crippen LogP contribution >= 0.6 is 0 Å². The number of imide groups is 1. The number of methoxy groups -OCH3 is 1. The first-order valence-corrected chi connectivity index (χ1v) is 11.2. The van der Waals surface area contributed by atoms with Crippen molar-refractivity contribution in [1.29, 1.82) is 0 Å². The van der Waals surface area contributed by atoms with E-state index in [1.165, 1.54) is 4.90 Å². The Morgan fingerprint density at radius 2 is 1.62 bits per heavy atom. The van der Waals surface area contributed by atoms with Crippen molar-refractivity contribution in [2.24, 2.45) is 0 Å². The van der Waals surface area contributed by atoms with Crippen molar-refractivity contribution in [1.82, 2.24) is 4.90 Å². The number of rotatable bonds is 8. The van der Waals surface area contributed by atoms with Gasteiger partial charge in [-0.25, -0.2) is 0 Å². The third kappa shape index (κ3) is 4.53. The number of anilines is 1. The maximum absolute atomic E-state index is 13.6. The molecule has 34 heavy (non-hydrogen) atoms. The number of para-hydroxylation sites is 2. The van der Waals surface area contributed by atoms with Gasteiger partial charge in [-0.15, -0.1) is 0 Å². The summed E-state index contributed by atoms with van der Waals surface area (Å²) in [6.45, 7) is 6.56. The zero-order valence-corrected chi connectivity index (χ0v) is 19.8. The van der Waals surface area contributed by atoms with E-state index < -0.39 is 0 Å². The molecular formula is C28H28N2O4. The van der Waals surface area contributed by atoms with Crippen molar-refractivity contribution in [2.75, 3.05) is 19.0 Å². The molecular weight excluding hydrogens is 428 g/mol. The first-order chi connectivity index (χ1) is 16.4. The predicted molar refractivity (Wildman–Crippen MR) is 133 cm³/mol. The van der Waals surface area contributed by atoms with Gasteiger partial charge in [0.15, 0.2) is 0 Å². The molecule has 6 heteroatoms. The van der Waals surface area contributed by atoms with Gasteiger partial charge in [-0.2, -0.15) is 0 Å². The highest BCUT2D eigenvalue weighted by Crippen LogP contribution is 2.34. The molecule has 1 aliphatic heterocycles.